The largest absolute Gasteiger partial charge is 0.478 e. The molecule has 210 valence electrons. The number of carbonyl (C=O) groups is 1. The summed E-state index contributed by atoms with van der Waals surface area (Å²) in [5.74, 6) is 3.09. The average molecular weight is 544 g/mol. The van der Waals surface area contributed by atoms with E-state index in [0.29, 0.717) is 47.4 Å². The maximum Gasteiger partial charge on any atom is 0.407 e. The highest BCUT2D eigenvalue weighted by atomic mass is 16.6. The number of hydrogen-bond acceptors (Lipinski definition) is 9. The number of rotatable bonds is 9. The van der Waals surface area contributed by atoms with Crippen molar-refractivity contribution in [2.24, 2.45) is 23.2 Å². The lowest BCUT2D eigenvalue weighted by atomic mass is 9.48. The third-order valence-corrected chi connectivity index (χ3v) is 8.33. The van der Waals surface area contributed by atoms with Gasteiger partial charge < -0.3 is 25.4 Å². The Morgan fingerprint density at radius 3 is 2.58 bits per heavy atom. The molecule has 3 N–H and O–H groups in total. The molecule has 2 aromatic rings. The van der Waals surface area contributed by atoms with Crippen molar-refractivity contribution in [2.75, 3.05) is 23.8 Å². The van der Waals surface area contributed by atoms with Gasteiger partial charge in [-0.15, -0.1) is 0 Å². The fourth-order valence-electron chi connectivity index (χ4n) is 7.12. The van der Waals surface area contributed by atoms with Gasteiger partial charge in [0.1, 0.15) is 34.9 Å². The second-order valence-electron chi connectivity index (χ2n) is 12.5. The molecule has 0 spiro atoms. The molecular weight excluding hydrogens is 506 g/mol. The van der Waals surface area contributed by atoms with Crippen molar-refractivity contribution in [1.82, 2.24) is 15.3 Å². The molecule has 10 nitrogen and oxygen atoms in total. The lowest BCUT2D eigenvalue weighted by molar-refractivity contribution is -0.0703. The van der Waals surface area contributed by atoms with Gasteiger partial charge in [0.15, 0.2) is 6.61 Å². The molecule has 4 fully saturated rings. The molecule has 4 aliphatic rings. The summed E-state index contributed by atoms with van der Waals surface area (Å²) in [5.41, 5.74) is 0.880. The number of nitrogens with one attached hydrogen (secondary N) is 3. The molecule has 4 saturated carbocycles. The number of para-hydroxylation sites is 1. The van der Waals surface area contributed by atoms with Crippen molar-refractivity contribution in [1.29, 1.82) is 10.5 Å². The summed E-state index contributed by atoms with van der Waals surface area (Å²) in [4.78, 5) is 21.5. The molecule has 4 bridgehead atoms. The number of hydrogen-bond donors (Lipinski definition) is 3. The monoisotopic (exact) mass is 543 g/mol. The average Bonchev–Trinajstić information content (AvgIpc) is 2.91. The molecule has 1 heterocycles. The molecule has 0 aliphatic heterocycles. The Morgan fingerprint density at radius 1 is 1.12 bits per heavy atom. The van der Waals surface area contributed by atoms with Crippen LogP contribution in [0, 0.1) is 45.8 Å². The van der Waals surface area contributed by atoms with E-state index in [1.54, 1.807) is 0 Å². The number of carbonyl (C=O) groups excluding carboxylic acids is 1. The van der Waals surface area contributed by atoms with Crippen molar-refractivity contribution in [3.8, 4) is 17.9 Å². The summed E-state index contributed by atoms with van der Waals surface area (Å²) in [7, 11) is 0. The number of nitriles is 2. The fourth-order valence-corrected chi connectivity index (χ4v) is 7.12. The van der Waals surface area contributed by atoms with Crippen LogP contribution in [-0.4, -0.2) is 40.9 Å². The van der Waals surface area contributed by atoms with Crippen molar-refractivity contribution in [3.05, 3.63) is 41.6 Å². The normalized spacial score (nSPS) is 26.3. The number of ether oxygens (including phenoxy) is 2. The molecule has 4 aliphatic carbocycles. The van der Waals surface area contributed by atoms with Crippen LogP contribution in [0.3, 0.4) is 0 Å². The number of alkyl carbamates (subject to hydrolysis) is 1. The standard InChI is InChI=1S/C30H37N7O3/c1-29(2,3)40-28(38)36-25-21-10-19-11-22(25)14-30(12-19,13-21)18-35-26-23(15-32)17-34-27(37-26)33-16-20-6-4-5-7-24(20)39-9-8-31/h4-7,17,19,21-22,25H,9-14,16,18H2,1-3H3,(H,36,38)(H2,33,34,35,37)/t19?,21-,22+,25?,30?. The summed E-state index contributed by atoms with van der Waals surface area (Å²) >= 11 is 0. The van der Waals surface area contributed by atoms with Gasteiger partial charge in [-0.1, -0.05) is 18.2 Å². The zero-order chi connectivity index (χ0) is 28.3. The summed E-state index contributed by atoms with van der Waals surface area (Å²) in [6.45, 7) is 6.77. The van der Waals surface area contributed by atoms with Crippen molar-refractivity contribution >= 4 is 17.9 Å². The lowest BCUT2D eigenvalue weighted by Gasteiger charge is -2.60. The SMILES string of the molecule is CC(C)(C)OC(=O)NC1[C@@H]2CC3C[C@H]1CC(CNc1nc(NCc4ccccc4OCC#N)ncc1C#N)(C3)C2. The molecule has 10 heteroatoms. The van der Waals surface area contributed by atoms with Crippen molar-refractivity contribution in [2.45, 2.75) is 71.1 Å². The van der Waals surface area contributed by atoms with Gasteiger partial charge in [-0.2, -0.15) is 15.5 Å². The minimum Gasteiger partial charge on any atom is -0.478 e. The number of benzene rings is 1. The molecule has 1 aromatic heterocycles. The van der Waals surface area contributed by atoms with Gasteiger partial charge in [-0.25, -0.2) is 9.78 Å². The summed E-state index contributed by atoms with van der Waals surface area (Å²) < 4.78 is 11.1. The first-order chi connectivity index (χ1) is 19.2. The fraction of sp³-hybridized carbons (Fsp3) is 0.567. The predicted octanol–water partition coefficient (Wildman–Crippen LogP) is 4.99. The molecule has 6 rings (SSSR count). The topological polar surface area (TPSA) is 145 Å². The van der Waals surface area contributed by atoms with E-state index in [9.17, 15) is 10.1 Å². The van der Waals surface area contributed by atoms with Gasteiger partial charge in [-0.3, -0.25) is 0 Å². The van der Waals surface area contributed by atoms with Crippen LogP contribution >= 0.6 is 0 Å². The van der Waals surface area contributed by atoms with E-state index >= 15 is 0 Å². The van der Waals surface area contributed by atoms with Crippen LogP contribution in [0.1, 0.15) is 64.0 Å². The zero-order valence-electron chi connectivity index (χ0n) is 23.4. The van der Waals surface area contributed by atoms with Gasteiger partial charge in [0.05, 0.1) is 6.20 Å². The maximum absolute atomic E-state index is 12.5. The smallest absolute Gasteiger partial charge is 0.407 e. The highest BCUT2D eigenvalue weighted by Gasteiger charge is 2.55. The first-order valence-corrected chi connectivity index (χ1v) is 14.0. The Bertz CT molecular complexity index is 1310. The predicted molar refractivity (Wildman–Crippen MR) is 149 cm³/mol. The van der Waals surface area contributed by atoms with Crippen LogP contribution in [0.25, 0.3) is 0 Å². The third-order valence-electron chi connectivity index (χ3n) is 8.33. The highest BCUT2D eigenvalue weighted by Crippen LogP contribution is 2.60. The summed E-state index contributed by atoms with van der Waals surface area (Å²) in [5, 5.41) is 28.5. The van der Waals surface area contributed by atoms with Crippen LogP contribution in [0.15, 0.2) is 30.5 Å². The Balaban J connectivity index is 1.23. The van der Waals surface area contributed by atoms with E-state index in [2.05, 4.69) is 32.0 Å². The minimum atomic E-state index is -0.514. The van der Waals surface area contributed by atoms with E-state index < -0.39 is 5.60 Å². The van der Waals surface area contributed by atoms with E-state index in [-0.39, 0.29) is 24.2 Å². The van der Waals surface area contributed by atoms with E-state index in [0.717, 1.165) is 44.2 Å². The van der Waals surface area contributed by atoms with Gasteiger partial charge >= 0.3 is 6.09 Å². The first-order valence-electron chi connectivity index (χ1n) is 14.0. The molecular formula is C30H37N7O3. The lowest BCUT2D eigenvalue weighted by Crippen LogP contribution is -2.60. The zero-order valence-corrected chi connectivity index (χ0v) is 23.4. The van der Waals surface area contributed by atoms with Crippen molar-refractivity contribution in [3.63, 3.8) is 0 Å². The Morgan fingerprint density at radius 2 is 1.88 bits per heavy atom. The van der Waals surface area contributed by atoms with Gasteiger partial charge in [-0.05, 0) is 82.1 Å². The van der Waals surface area contributed by atoms with Gasteiger partial charge in [0, 0.05) is 24.7 Å². The third kappa shape index (κ3) is 6.22. The maximum atomic E-state index is 12.5. The minimum absolute atomic E-state index is 0.0272. The molecule has 0 radical (unpaired) electrons. The molecule has 5 atom stereocenters. The van der Waals surface area contributed by atoms with Crippen LogP contribution < -0.4 is 20.7 Å². The molecule has 40 heavy (non-hydrogen) atoms. The van der Waals surface area contributed by atoms with Gasteiger partial charge in [0.2, 0.25) is 5.95 Å². The van der Waals surface area contributed by atoms with Crippen LogP contribution in [-0.2, 0) is 11.3 Å². The molecule has 1 aromatic carbocycles. The van der Waals surface area contributed by atoms with Crippen LogP contribution in [0.4, 0.5) is 16.6 Å². The van der Waals surface area contributed by atoms with Gasteiger partial charge in [0.25, 0.3) is 0 Å². The number of aromatic nitrogens is 2. The number of anilines is 2. The van der Waals surface area contributed by atoms with Crippen LogP contribution in [0.5, 0.6) is 5.75 Å². The number of nitrogens with zero attached hydrogens (tertiary/aromatic N) is 4. The summed E-state index contributed by atoms with van der Waals surface area (Å²) in [6.07, 6.45) is 6.72. The molecule has 1 amide bonds. The van der Waals surface area contributed by atoms with Crippen molar-refractivity contribution < 1.29 is 14.3 Å². The Labute approximate surface area is 235 Å². The summed E-state index contributed by atoms with van der Waals surface area (Å²) in [6, 6.07) is 11.8. The second kappa shape index (κ2) is 11.2. The van der Waals surface area contributed by atoms with E-state index in [1.165, 1.54) is 6.20 Å². The van der Waals surface area contributed by atoms with E-state index in [1.807, 2.05) is 51.1 Å². The van der Waals surface area contributed by atoms with E-state index in [4.69, 9.17) is 14.7 Å². The Hall–Kier alpha value is -4.05. The second-order valence-corrected chi connectivity index (χ2v) is 12.5. The first kappa shape index (κ1) is 27.5. The Kier molecular flexibility index (Phi) is 7.71. The molecule has 3 unspecified atom stereocenters. The molecule has 0 saturated heterocycles. The van der Waals surface area contributed by atoms with Crippen LogP contribution in [0.2, 0.25) is 0 Å². The highest BCUT2D eigenvalue weighted by molar-refractivity contribution is 5.68. The number of amides is 1. The quantitative estimate of drug-likeness (QED) is 0.398.